The molecular weight excluding hydrogens is 182 g/mol. The van der Waals surface area contributed by atoms with Gasteiger partial charge in [-0.15, -0.1) is 0 Å². The van der Waals surface area contributed by atoms with E-state index in [9.17, 15) is 9.59 Å². The van der Waals surface area contributed by atoms with Crippen molar-refractivity contribution < 1.29 is 9.59 Å². The van der Waals surface area contributed by atoms with Crippen LogP contribution in [0.15, 0.2) is 0 Å². The summed E-state index contributed by atoms with van der Waals surface area (Å²) in [6.45, 7) is 1.78. The number of rotatable bonds is 4. The number of hydrogen-bond donors (Lipinski definition) is 2. The van der Waals surface area contributed by atoms with Gasteiger partial charge in [0.15, 0.2) is 0 Å². The first-order chi connectivity index (χ1) is 6.63. The fourth-order valence-electron chi connectivity index (χ4n) is 1.77. The number of hydrogen-bond acceptors (Lipinski definition) is 3. The zero-order chi connectivity index (χ0) is 10.6. The third kappa shape index (κ3) is 2.99. The van der Waals surface area contributed by atoms with E-state index in [4.69, 9.17) is 5.73 Å². The van der Waals surface area contributed by atoms with E-state index in [1.54, 1.807) is 11.9 Å². The van der Waals surface area contributed by atoms with Crippen LogP contribution in [0.1, 0.15) is 12.8 Å². The number of nitrogens with zero attached hydrogens (tertiary/aromatic N) is 1. The molecule has 1 rings (SSSR count). The van der Waals surface area contributed by atoms with Crippen LogP contribution in [0.2, 0.25) is 0 Å². The Morgan fingerprint density at radius 1 is 1.57 bits per heavy atom. The van der Waals surface area contributed by atoms with E-state index in [1.165, 1.54) is 0 Å². The van der Waals surface area contributed by atoms with Crippen molar-refractivity contribution in [2.75, 3.05) is 26.7 Å². The second-order valence-corrected chi connectivity index (χ2v) is 3.70. The van der Waals surface area contributed by atoms with Gasteiger partial charge >= 0.3 is 0 Å². The van der Waals surface area contributed by atoms with Crippen molar-refractivity contribution in [3.05, 3.63) is 0 Å². The molecule has 0 bridgehead atoms. The topological polar surface area (TPSA) is 75.4 Å². The summed E-state index contributed by atoms with van der Waals surface area (Å²) >= 11 is 0. The Kier molecular flexibility index (Phi) is 3.88. The predicted octanol–water partition coefficient (Wildman–Crippen LogP) is -1.07. The van der Waals surface area contributed by atoms with Gasteiger partial charge in [0.2, 0.25) is 11.8 Å². The second-order valence-electron chi connectivity index (χ2n) is 3.70. The van der Waals surface area contributed by atoms with E-state index in [0.29, 0.717) is 19.5 Å². The maximum absolute atomic E-state index is 11.4. The molecule has 3 N–H and O–H groups in total. The van der Waals surface area contributed by atoms with Crippen molar-refractivity contribution in [2.45, 2.75) is 12.8 Å². The summed E-state index contributed by atoms with van der Waals surface area (Å²) in [6.07, 6.45) is 1.28. The Morgan fingerprint density at radius 3 is 2.86 bits per heavy atom. The molecule has 5 nitrogen and oxygen atoms in total. The third-order valence-corrected chi connectivity index (χ3v) is 2.46. The molecule has 0 radical (unpaired) electrons. The van der Waals surface area contributed by atoms with E-state index in [-0.39, 0.29) is 17.7 Å². The van der Waals surface area contributed by atoms with Crippen LogP contribution in [-0.4, -0.2) is 43.4 Å². The number of nitrogens with one attached hydrogen (secondary N) is 1. The third-order valence-electron chi connectivity index (χ3n) is 2.46. The largest absolute Gasteiger partial charge is 0.370 e. The van der Waals surface area contributed by atoms with E-state index in [2.05, 4.69) is 5.32 Å². The molecule has 1 aliphatic rings. The maximum Gasteiger partial charge on any atom is 0.236 e. The van der Waals surface area contributed by atoms with Crippen LogP contribution in [0.3, 0.4) is 0 Å². The molecular formula is C9H17N3O2. The molecule has 0 aromatic rings. The number of primary amides is 1. The van der Waals surface area contributed by atoms with Crippen LogP contribution >= 0.6 is 0 Å². The monoisotopic (exact) mass is 199 g/mol. The normalized spacial score (nSPS) is 21.2. The minimum absolute atomic E-state index is 0.0967. The molecule has 0 unspecified atom stereocenters. The Labute approximate surface area is 83.6 Å². The van der Waals surface area contributed by atoms with Crippen molar-refractivity contribution in [1.29, 1.82) is 0 Å². The van der Waals surface area contributed by atoms with Gasteiger partial charge in [-0.2, -0.15) is 0 Å². The summed E-state index contributed by atoms with van der Waals surface area (Å²) in [4.78, 5) is 23.9. The summed E-state index contributed by atoms with van der Waals surface area (Å²) in [5.41, 5.74) is 5.10. The van der Waals surface area contributed by atoms with Gasteiger partial charge in [-0.3, -0.25) is 9.59 Å². The summed E-state index contributed by atoms with van der Waals surface area (Å²) in [5, 5.41) is 2.82. The van der Waals surface area contributed by atoms with Crippen molar-refractivity contribution >= 4 is 11.8 Å². The number of carbonyl (C=O) groups excluding carboxylic acids is 2. The van der Waals surface area contributed by atoms with Gasteiger partial charge in [-0.05, 0) is 19.4 Å². The molecule has 2 amide bonds. The summed E-state index contributed by atoms with van der Waals surface area (Å²) in [6, 6.07) is 0. The Balaban J connectivity index is 2.33. The van der Waals surface area contributed by atoms with Crippen LogP contribution in [0.25, 0.3) is 0 Å². The van der Waals surface area contributed by atoms with Crippen LogP contribution in [0, 0.1) is 5.92 Å². The summed E-state index contributed by atoms with van der Waals surface area (Å²) in [5.74, 6) is 0.0747. The zero-order valence-corrected chi connectivity index (χ0v) is 8.45. The summed E-state index contributed by atoms with van der Waals surface area (Å²) in [7, 11) is 1.74. The highest BCUT2D eigenvalue weighted by atomic mass is 16.2. The molecule has 1 fully saturated rings. The van der Waals surface area contributed by atoms with Crippen molar-refractivity contribution in [2.24, 2.45) is 11.7 Å². The minimum atomic E-state index is -0.280. The molecule has 1 saturated heterocycles. The number of nitrogens with two attached hydrogens (primary N) is 1. The van der Waals surface area contributed by atoms with Gasteiger partial charge in [-0.25, -0.2) is 0 Å². The molecule has 0 saturated carbocycles. The van der Waals surface area contributed by atoms with Crippen LogP contribution in [0.5, 0.6) is 0 Å². The zero-order valence-electron chi connectivity index (χ0n) is 8.45. The molecule has 0 aliphatic carbocycles. The predicted molar refractivity (Wildman–Crippen MR) is 52.4 cm³/mol. The molecule has 1 heterocycles. The smallest absolute Gasteiger partial charge is 0.236 e. The highest BCUT2D eigenvalue weighted by Gasteiger charge is 2.26. The standard InChI is InChI=1S/C9H17N3O2/c1-11-5-9(14)12-3-2-7(6-12)4-8(10)13/h7,11H,2-6H2,1H3,(H2,10,13)/t7-/m0/s1. The fraction of sp³-hybridized carbons (Fsp3) is 0.778. The fourth-order valence-corrected chi connectivity index (χ4v) is 1.77. The van der Waals surface area contributed by atoms with Gasteiger partial charge in [0.1, 0.15) is 0 Å². The average molecular weight is 199 g/mol. The Bertz CT molecular complexity index is 230. The van der Waals surface area contributed by atoms with Crippen molar-refractivity contribution in [1.82, 2.24) is 10.2 Å². The second kappa shape index (κ2) is 4.95. The van der Waals surface area contributed by atoms with Gasteiger partial charge in [-0.1, -0.05) is 0 Å². The van der Waals surface area contributed by atoms with Crippen molar-refractivity contribution in [3.8, 4) is 0 Å². The maximum atomic E-state index is 11.4. The average Bonchev–Trinajstić information content (AvgIpc) is 2.52. The molecule has 1 aliphatic heterocycles. The molecule has 1 atom stereocenters. The molecule has 0 aromatic heterocycles. The lowest BCUT2D eigenvalue weighted by Crippen LogP contribution is -2.35. The van der Waals surface area contributed by atoms with E-state index >= 15 is 0 Å². The Hall–Kier alpha value is -1.10. The quantitative estimate of drug-likeness (QED) is 0.605. The highest BCUT2D eigenvalue weighted by Crippen LogP contribution is 2.18. The lowest BCUT2D eigenvalue weighted by molar-refractivity contribution is -0.129. The van der Waals surface area contributed by atoms with E-state index < -0.39 is 0 Å². The van der Waals surface area contributed by atoms with E-state index in [1.807, 2.05) is 0 Å². The minimum Gasteiger partial charge on any atom is -0.370 e. The molecule has 0 aromatic carbocycles. The molecule has 14 heavy (non-hydrogen) atoms. The first-order valence-electron chi connectivity index (χ1n) is 4.84. The lowest BCUT2D eigenvalue weighted by atomic mass is 10.1. The van der Waals surface area contributed by atoms with Crippen molar-refractivity contribution in [3.63, 3.8) is 0 Å². The first-order valence-corrected chi connectivity index (χ1v) is 4.84. The van der Waals surface area contributed by atoms with E-state index in [0.717, 1.165) is 13.0 Å². The van der Waals surface area contributed by atoms with Crippen LogP contribution in [0.4, 0.5) is 0 Å². The molecule has 5 heteroatoms. The number of amides is 2. The Morgan fingerprint density at radius 2 is 2.29 bits per heavy atom. The van der Waals surface area contributed by atoms with Crippen LogP contribution in [-0.2, 0) is 9.59 Å². The first kappa shape index (κ1) is 11.0. The lowest BCUT2D eigenvalue weighted by Gasteiger charge is -2.15. The molecule has 0 spiro atoms. The highest BCUT2D eigenvalue weighted by molar-refractivity contribution is 5.79. The van der Waals surface area contributed by atoms with Gasteiger partial charge < -0.3 is 16.0 Å². The number of carbonyl (C=O) groups is 2. The molecule has 80 valence electrons. The van der Waals surface area contributed by atoms with Gasteiger partial charge in [0.25, 0.3) is 0 Å². The SMILES string of the molecule is CNCC(=O)N1CC[C@@H](CC(N)=O)C1. The summed E-state index contributed by atoms with van der Waals surface area (Å²) < 4.78 is 0. The van der Waals surface area contributed by atoms with Gasteiger partial charge in [0, 0.05) is 19.5 Å². The number of likely N-dealkylation sites (N-methyl/N-ethyl adjacent to an activating group) is 1. The van der Waals surface area contributed by atoms with Crippen LogP contribution < -0.4 is 11.1 Å². The number of likely N-dealkylation sites (tertiary alicyclic amines) is 1. The van der Waals surface area contributed by atoms with Gasteiger partial charge in [0.05, 0.1) is 6.54 Å².